The summed E-state index contributed by atoms with van der Waals surface area (Å²) < 4.78 is 14.0. The van der Waals surface area contributed by atoms with E-state index in [0.717, 1.165) is 155 Å². The summed E-state index contributed by atoms with van der Waals surface area (Å²) in [5.41, 5.74) is 8.60. The molecule has 6 aliphatic heterocycles. The highest BCUT2D eigenvalue weighted by Gasteiger charge is 2.37. The van der Waals surface area contributed by atoms with Crippen molar-refractivity contribution in [3.63, 3.8) is 0 Å². The summed E-state index contributed by atoms with van der Waals surface area (Å²) in [6.07, 6.45) is 0. The highest BCUT2D eigenvalue weighted by Crippen LogP contribution is 2.30. The summed E-state index contributed by atoms with van der Waals surface area (Å²) in [5, 5.41) is 9.18. The van der Waals surface area contributed by atoms with E-state index in [9.17, 15) is 38.3 Å². The Hall–Kier alpha value is -8.53. The molecule has 0 radical (unpaired) electrons. The molecule has 19 nitrogen and oxygen atoms in total. The van der Waals surface area contributed by atoms with Crippen LogP contribution in [0.15, 0.2) is 158 Å². The molecule has 20 heteroatoms. The van der Waals surface area contributed by atoms with Gasteiger partial charge in [-0.3, -0.25) is 48.4 Å². The predicted octanol–water partition coefficient (Wildman–Crippen LogP) is 15.5. The molecule has 1 N–H and O–H groups in total. The fraction of sp³-hybridized carbons (Fsp3) is 0.576. The van der Waals surface area contributed by atoms with Crippen molar-refractivity contribution in [1.29, 1.82) is 0 Å². The number of hydrogen-bond donors (Lipinski definition) is 1. The quantitative estimate of drug-likeness (QED) is 0.131. The SMILES string of the molecule is CC(C)(C)C(=O)N1CCN(Cc2cccc(CO)c2)CC1.CC(C)(C)C(=O)N1CCN(Cc2ccccc2)CC1.CC(c1ccccc1)N1CCN(C(=O)C(C)(C)C)CC1.CC1CN(c2ccccc2)CCN1C(=O)C(C)(C)C.Cc1ccc(CN2CCN(C(=O)C(C)(C)C)CC2)cc1.Cc1ccc(N2CCN(C(=O)C(C)(C)C)CC2)c(F)c1. The molecule has 12 rings (SSSR count). The maximum atomic E-state index is 14.0. The van der Waals surface area contributed by atoms with Crippen LogP contribution >= 0.6 is 0 Å². The second-order valence-electron chi connectivity index (χ2n) is 39.4. The van der Waals surface area contributed by atoms with Crippen LogP contribution in [0.1, 0.15) is 183 Å². The van der Waals surface area contributed by atoms with Gasteiger partial charge in [-0.2, -0.15) is 0 Å². The molecule has 2 atom stereocenters. The minimum absolute atomic E-state index is 0.0850. The Balaban J connectivity index is 0.000000197. The van der Waals surface area contributed by atoms with Gasteiger partial charge in [0.15, 0.2) is 0 Å². The molecule has 6 heterocycles. The van der Waals surface area contributed by atoms with Crippen LogP contribution in [0.5, 0.6) is 0 Å². The van der Waals surface area contributed by atoms with Crippen LogP contribution in [0.25, 0.3) is 0 Å². The molecular weight excluding hydrogens is 1490 g/mol. The number of halogens is 1. The van der Waals surface area contributed by atoms with E-state index < -0.39 is 0 Å². The highest BCUT2D eigenvalue weighted by atomic mass is 19.1. The van der Waals surface area contributed by atoms with E-state index in [1.165, 1.54) is 33.5 Å². The van der Waals surface area contributed by atoms with Crippen molar-refractivity contribution in [2.24, 2.45) is 32.5 Å². The lowest BCUT2D eigenvalue weighted by atomic mass is 9.93. The van der Waals surface area contributed by atoms with E-state index in [0.29, 0.717) is 37.9 Å². The van der Waals surface area contributed by atoms with Gasteiger partial charge in [-0.05, 0) is 85.3 Å². The molecule has 6 aliphatic rings. The van der Waals surface area contributed by atoms with E-state index in [-0.39, 0.29) is 86.4 Å². The van der Waals surface area contributed by atoms with Gasteiger partial charge in [0, 0.05) is 220 Å². The first-order chi connectivity index (χ1) is 55.8. The zero-order chi connectivity index (χ0) is 87.8. The smallest absolute Gasteiger partial charge is 0.228 e. The van der Waals surface area contributed by atoms with Crippen molar-refractivity contribution in [1.82, 2.24) is 49.0 Å². The minimum atomic E-state index is -0.350. The van der Waals surface area contributed by atoms with Crippen LogP contribution in [-0.2, 0) is 55.0 Å². The molecule has 2 unspecified atom stereocenters. The summed E-state index contributed by atoms with van der Waals surface area (Å²) >= 11 is 0. The number of nitrogens with zero attached hydrogens (tertiary/aromatic N) is 12. The Labute approximate surface area is 716 Å². The lowest BCUT2D eigenvalue weighted by molar-refractivity contribution is -0.142. The molecule has 6 saturated heterocycles. The van der Waals surface area contributed by atoms with Gasteiger partial charge in [0.2, 0.25) is 35.4 Å². The number of anilines is 2. The first-order valence-corrected chi connectivity index (χ1v) is 43.6. The molecule has 6 fully saturated rings. The first-order valence-electron chi connectivity index (χ1n) is 43.6. The molecule has 119 heavy (non-hydrogen) atoms. The summed E-state index contributed by atoms with van der Waals surface area (Å²) in [6.45, 7) is 66.5. The number of aliphatic hydroxyl groups is 1. The van der Waals surface area contributed by atoms with Crippen LogP contribution in [0.3, 0.4) is 0 Å². The van der Waals surface area contributed by atoms with Crippen LogP contribution in [-0.4, -0.2) is 246 Å². The van der Waals surface area contributed by atoms with Crippen molar-refractivity contribution in [2.75, 3.05) is 160 Å². The Morgan fingerprint density at radius 1 is 0.353 bits per heavy atom. The van der Waals surface area contributed by atoms with Crippen molar-refractivity contribution < 1.29 is 38.3 Å². The Bertz CT molecular complexity index is 4100. The van der Waals surface area contributed by atoms with Crippen molar-refractivity contribution in [2.45, 2.75) is 191 Å². The number of carbonyl (C=O) groups excluding carboxylic acids is 6. The van der Waals surface area contributed by atoms with E-state index in [4.69, 9.17) is 0 Å². The predicted molar refractivity (Wildman–Crippen MR) is 485 cm³/mol. The summed E-state index contributed by atoms with van der Waals surface area (Å²) in [5.74, 6) is 1.29. The third-order valence-corrected chi connectivity index (χ3v) is 22.6. The minimum Gasteiger partial charge on any atom is -0.392 e. The molecule has 0 saturated carbocycles. The number of para-hydroxylation sites is 1. The number of hydrogen-bond acceptors (Lipinski definition) is 13. The standard InChI is InChI=1S/C17H26N2O2.2C17H26N2O.C16H23FN2O.2C16H24N2O/c1-17(2,3)16(21)19-9-7-18(8-10-19)12-14-5-4-6-15(11-14)13-20;1-14-5-7-15(8-6-14)13-18-9-11-19(12-10-18)16(20)17(2,3)4;1-14(15-8-6-5-7-9-15)18-10-12-19(13-11-18)16(20)17(2,3)4;1-12-5-6-14(13(17)11-12)18-7-9-19(10-8-18)15(20)16(2,3)4;1-13-12-17(14-8-6-5-7-9-14)10-11-18(13)15(19)16(2,3)4;1-16(2,3)15(19)18-11-9-17(10-12-18)13-14-7-5-4-6-8-14/h4-6,11,20H,7-10,12-13H2,1-3H3;5-8H,9-13H2,1-4H3;5-9,14H,10-13H2,1-4H3;5-6,11H,7-10H2,1-4H3;5-9,13H,10-12H2,1-4H3;4-8H,9-13H2,1-3H3. The number of benzene rings is 6. The average Bonchev–Trinajstić information content (AvgIpc) is 0.823. The van der Waals surface area contributed by atoms with Crippen molar-refractivity contribution in [3.8, 4) is 0 Å². The second kappa shape index (κ2) is 44.3. The Morgan fingerprint density at radius 2 is 0.681 bits per heavy atom. The maximum absolute atomic E-state index is 14.0. The van der Waals surface area contributed by atoms with Gasteiger partial charge in [-0.1, -0.05) is 264 Å². The van der Waals surface area contributed by atoms with Crippen molar-refractivity contribution >= 4 is 46.8 Å². The summed E-state index contributed by atoms with van der Waals surface area (Å²) in [4.78, 5) is 99.5. The van der Waals surface area contributed by atoms with E-state index in [1.54, 1.807) is 6.07 Å². The number of rotatable bonds is 11. The van der Waals surface area contributed by atoms with E-state index in [1.807, 2.05) is 208 Å². The summed E-state index contributed by atoms with van der Waals surface area (Å²) in [7, 11) is 0. The number of piperazine rings is 6. The molecule has 6 aromatic rings. The van der Waals surface area contributed by atoms with Crippen LogP contribution in [0.2, 0.25) is 0 Å². The van der Waals surface area contributed by atoms with Gasteiger partial charge in [0.05, 0.1) is 12.3 Å². The van der Waals surface area contributed by atoms with Crippen LogP contribution in [0, 0.1) is 52.2 Å². The zero-order valence-corrected chi connectivity index (χ0v) is 76.9. The molecule has 6 aromatic carbocycles. The third-order valence-electron chi connectivity index (χ3n) is 22.6. The van der Waals surface area contributed by atoms with Gasteiger partial charge in [0.1, 0.15) is 5.82 Å². The van der Waals surface area contributed by atoms with Gasteiger partial charge in [-0.15, -0.1) is 0 Å². The van der Waals surface area contributed by atoms with E-state index >= 15 is 0 Å². The molecule has 0 bridgehead atoms. The molecule has 0 aliphatic carbocycles. The summed E-state index contributed by atoms with van der Waals surface area (Å²) in [6, 6.07) is 54.3. The lowest BCUT2D eigenvalue weighted by Crippen LogP contribution is -2.56. The highest BCUT2D eigenvalue weighted by molar-refractivity contribution is 5.84. The second-order valence-corrected chi connectivity index (χ2v) is 39.4. The fourth-order valence-electron chi connectivity index (χ4n) is 15.4. The number of carbonyl (C=O) groups is 6. The molecule has 654 valence electrons. The van der Waals surface area contributed by atoms with E-state index in [2.05, 4.69) is 154 Å². The van der Waals surface area contributed by atoms with Gasteiger partial charge in [0.25, 0.3) is 0 Å². The lowest BCUT2D eigenvalue weighted by Gasteiger charge is -2.43. The first kappa shape index (κ1) is 97.6. The number of aryl methyl sites for hydroxylation is 2. The zero-order valence-electron chi connectivity index (χ0n) is 76.9. The van der Waals surface area contributed by atoms with Crippen molar-refractivity contribution in [3.05, 3.63) is 202 Å². The molecule has 0 spiro atoms. The fourth-order valence-corrected chi connectivity index (χ4v) is 15.4. The Morgan fingerprint density at radius 3 is 1.06 bits per heavy atom. The molecular formula is C99H149FN12O7. The number of aliphatic hydroxyl groups excluding tert-OH is 1. The van der Waals surface area contributed by atoms with Crippen LogP contribution in [0.4, 0.5) is 15.8 Å². The van der Waals surface area contributed by atoms with Gasteiger partial charge in [-0.25, -0.2) is 4.39 Å². The Kier molecular flexibility index (Phi) is 36.3. The molecule has 0 aromatic heterocycles. The van der Waals surface area contributed by atoms with Gasteiger partial charge < -0.3 is 44.3 Å². The average molecular weight is 1640 g/mol. The molecule has 6 amide bonds. The monoisotopic (exact) mass is 1640 g/mol. The third kappa shape index (κ3) is 31.1. The van der Waals surface area contributed by atoms with Crippen LogP contribution < -0.4 is 9.80 Å². The largest absolute Gasteiger partial charge is 0.392 e. The number of amides is 6. The normalized spacial score (nSPS) is 17.9. The maximum Gasteiger partial charge on any atom is 0.228 e. The van der Waals surface area contributed by atoms with Gasteiger partial charge >= 0.3 is 0 Å². The topological polar surface area (TPSA) is 162 Å².